The lowest BCUT2D eigenvalue weighted by Gasteiger charge is -2.14. The summed E-state index contributed by atoms with van der Waals surface area (Å²) in [5.74, 6) is -0.254. The van der Waals surface area contributed by atoms with Crippen molar-refractivity contribution in [1.29, 1.82) is 0 Å². The number of hydrogen-bond acceptors (Lipinski definition) is 5. The van der Waals surface area contributed by atoms with Gasteiger partial charge in [0.25, 0.3) is 0 Å². The molecule has 0 fully saturated rings. The molecular formula is C17H13F3N2O4S. The summed E-state index contributed by atoms with van der Waals surface area (Å²) in [6, 6.07) is 9.58. The molecule has 10 heteroatoms. The first-order valence-electron chi connectivity index (χ1n) is 7.57. The van der Waals surface area contributed by atoms with Crippen LogP contribution in [0, 0.1) is 0 Å². The Morgan fingerprint density at radius 3 is 2.59 bits per heavy atom. The number of aromatic nitrogens is 1. The second-order valence-electron chi connectivity index (χ2n) is 5.38. The highest BCUT2D eigenvalue weighted by molar-refractivity contribution is 7.89. The van der Waals surface area contributed by atoms with Crippen LogP contribution in [0.1, 0.15) is 5.56 Å². The van der Waals surface area contributed by atoms with Crippen LogP contribution in [0.2, 0.25) is 0 Å². The van der Waals surface area contributed by atoms with E-state index in [1.165, 1.54) is 24.6 Å². The van der Waals surface area contributed by atoms with Crippen LogP contribution in [0.25, 0.3) is 11.3 Å². The van der Waals surface area contributed by atoms with Crippen molar-refractivity contribution in [2.45, 2.75) is 17.8 Å². The zero-order valence-electron chi connectivity index (χ0n) is 13.6. The van der Waals surface area contributed by atoms with Gasteiger partial charge in [0, 0.05) is 24.5 Å². The van der Waals surface area contributed by atoms with Crippen molar-refractivity contribution >= 4 is 10.0 Å². The Morgan fingerprint density at radius 2 is 1.89 bits per heavy atom. The van der Waals surface area contributed by atoms with E-state index in [0.717, 1.165) is 12.1 Å². The first-order chi connectivity index (χ1) is 12.7. The number of rotatable bonds is 6. The van der Waals surface area contributed by atoms with E-state index in [1.54, 1.807) is 24.4 Å². The summed E-state index contributed by atoms with van der Waals surface area (Å²) in [4.78, 5) is 3.40. The maximum atomic E-state index is 12.5. The molecule has 0 bridgehead atoms. The number of nitrogens with zero attached hydrogens (tertiary/aromatic N) is 1. The molecule has 6 nitrogen and oxygen atoms in total. The van der Waals surface area contributed by atoms with Crippen LogP contribution in [0.5, 0.6) is 5.75 Å². The lowest BCUT2D eigenvalue weighted by Crippen LogP contribution is -2.25. The first kappa shape index (κ1) is 18.9. The summed E-state index contributed by atoms with van der Waals surface area (Å²) in [5, 5.41) is 0. The summed E-state index contributed by atoms with van der Waals surface area (Å²) in [6.45, 7) is -0.176. The van der Waals surface area contributed by atoms with Gasteiger partial charge in [0.15, 0.2) is 0 Å². The number of furan rings is 1. The maximum Gasteiger partial charge on any atom is 0.573 e. The lowest BCUT2D eigenvalue weighted by molar-refractivity contribution is -0.275. The molecule has 0 saturated heterocycles. The van der Waals surface area contributed by atoms with Crippen LogP contribution in [0.4, 0.5) is 13.2 Å². The zero-order chi connectivity index (χ0) is 19.5. The number of hydrogen-bond donors (Lipinski definition) is 1. The molecule has 27 heavy (non-hydrogen) atoms. The number of halogens is 3. The van der Waals surface area contributed by atoms with Crippen molar-refractivity contribution in [2.24, 2.45) is 0 Å². The minimum atomic E-state index is -5.01. The SMILES string of the molecule is O=S(=O)(NCc1cncc(-c2ccco2)c1)c1ccccc1OC(F)(F)F. The Bertz CT molecular complexity index is 1020. The van der Waals surface area contributed by atoms with Crippen LogP contribution in [-0.4, -0.2) is 19.8 Å². The van der Waals surface area contributed by atoms with Gasteiger partial charge in [-0.2, -0.15) is 0 Å². The molecule has 0 spiro atoms. The van der Waals surface area contributed by atoms with E-state index in [4.69, 9.17) is 4.42 Å². The minimum absolute atomic E-state index is 0.176. The average Bonchev–Trinajstić information content (AvgIpc) is 3.14. The van der Waals surface area contributed by atoms with Crippen molar-refractivity contribution < 1.29 is 30.7 Å². The fraction of sp³-hybridized carbons (Fsp3) is 0.118. The van der Waals surface area contributed by atoms with Crippen molar-refractivity contribution in [1.82, 2.24) is 9.71 Å². The molecule has 2 heterocycles. The molecule has 0 amide bonds. The van der Waals surface area contributed by atoms with Crippen molar-refractivity contribution in [2.75, 3.05) is 0 Å². The number of sulfonamides is 1. The quantitative estimate of drug-likeness (QED) is 0.685. The summed E-state index contributed by atoms with van der Waals surface area (Å²) in [6.07, 6.45) is -0.536. The molecule has 1 aromatic carbocycles. The van der Waals surface area contributed by atoms with Crippen LogP contribution in [0.15, 0.2) is 70.4 Å². The molecule has 1 N–H and O–H groups in total. The third kappa shape index (κ3) is 4.86. The van der Waals surface area contributed by atoms with Crippen LogP contribution in [-0.2, 0) is 16.6 Å². The van der Waals surface area contributed by atoms with Gasteiger partial charge in [-0.05, 0) is 35.9 Å². The van der Waals surface area contributed by atoms with E-state index in [-0.39, 0.29) is 6.54 Å². The number of nitrogens with one attached hydrogen (secondary N) is 1. The molecule has 142 valence electrons. The summed E-state index contributed by atoms with van der Waals surface area (Å²) in [7, 11) is -4.25. The van der Waals surface area contributed by atoms with Gasteiger partial charge < -0.3 is 9.15 Å². The van der Waals surface area contributed by atoms with Gasteiger partial charge in [-0.15, -0.1) is 13.2 Å². The molecular weight excluding hydrogens is 385 g/mol. The predicted octanol–water partition coefficient (Wildman–Crippen LogP) is 3.72. The Hall–Kier alpha value is -2.85. The highest BCUT2D eigenvalue weighted by atomic mass is 32.2. The standard InChI is InChI=1S/C17H13F3N2O4S/c18-17(19,20)26-15-4-1-2-6-16(15)27(23,24)22-10-12-8-13(11-21-9-12)14-5-3-7-25-14/h1-9,11,22H,10H2. The molecule has 0 saturated carbocycles. The largest absolute Gasteiger partial charge is 0.573 e. The van der Waals surface area contributed by atoms with E-state index in [0.29, 0.717) is 16.9 Å². The van der Waals surface area contributed by atoms with Crippen molar-refractivity contribution in [3.8, 4) is 17.1 Å². The third-order valence-electron chi connectivity index (χ3n) is 3.43. The topological polar surface area (TPSA) is 81.4 Å². The second-order valence-corrected chi connectivity index (χ2v) is 7.11. The third-order valence-corrected chi connectivity index (χ3v) is 4.87. The molecule has 0 unspecified atom stereocenters. The van der Waals surface area contributed by atoms with E-state index >= 15 is 0 Å². The normalized spacial score (nSPS) is 12.1. The summed E-state index contributed by atoms with van der Waals surface area (Å²) >= 11 is 0. The molecule has 0 aliphatic heterocycles. The molecule has 0 aliphatic rings. The number of ether oxygens (including phenoxy) is 1. The van der Waals surface area contributed by atoms with Gasteiger partial charge >= 0.3 is 6.36 Å². The Kier molecular flexibility index (Phi) is 5.19. The van der Waals surface area contributed by atoms with Crippen LogP contribution < -0.4 is 9.46 Å². The summed E-state index contributed by atoms with van der Waals surface area (Å²) < 4.78 is 73.6. The van der Waals surface area contributed by atoms with Gasteiger partial charge in [-0.3, -0.25) is 4.98 Å². The fourth-order valence-corrected chi connectivity index (χ4v) is 3.44. The number of pyridine rings is 1. The Labute approximate surface area is 152 Å². The first-order valence-corrected chi connectivity index (χ1v) is 9.05. The number of para-hydroxylation sites is 1. The Morgan fingerprint density at radius 1 is 1.11 bits per heavy atom. The molecule has 0 aliphatic carbocycles. The predicted molar refractivity (Wildman–Crippen MR) is 89.1 cm³/mol. The van der Waals surface area contributed by atoms with E-state index in [2.05, 4.69) is 14.4 Å². The number of alkyl halides is 3. The molecule has 3 rings (SSSR count). The molecule has 0 atom stereocenters. The van der Waals surface area contributed by atoms with Gasteiger partial charge in [-0.25, -0.2) is 13.1 Å². The van der Waals surface area contributed by atoms with Gasteiger partial charge in [-0.1, -0.05) is 12.1 Å². The van der Waals surface area contributed by atoms with Gasteiger partial charge in [0.2, 0.25) is 10.0 Å². The van der Waals surface area contributed by atoms with E-state index in [1.807, 2.05) is 0 Å². The second kappa shape index (κ2) is 7.41. The highest BCUT2D eigenvalue weighted by Crippen LogP contribution is 2.29. The lowest BCUT2D eigenvalue weighted by atomic mass is 10.2. The minimum Gasteiger partial charge on any atom is -0.464 e. The van der Waals surface area contributed by atoms with Crippen LogP contribution >= 0.6 is 0 Å². The van der Waals surface area contributed by atoms with Gasteiger partial charge in [0.05, 0.1) is 6.26 Å². The summed E-state index contributed by atoms with van der Waals surface area (Å²) in [5.41, 5.74) is 1.14. The van der Waals surface area contributed by atoms with E-state index in [9.17, 15) is 21.6 Å². The molecule has 3 aromatic rings. The zero-order valence-corrected chi connectivity index (χ0v) is 14.4. The average molecular weight is 398 g/mol. The van der Waals surface area contributed by atoms with E-state index < -0.39 is 27.0 Å². The monoisotopic (exact) mass is 398 g/mol. The molecule has 0 radical (unpaired) electrons. The van der Waals surface area contributed by atoms with Crippen molar-refractivity contribution in [3.63, 3.8) is 0 Å². The Balaban J connectivity index is 1.79. The van der Waals surface area contributed by atoms with Crippen molar-refractivity contribution in [3.05, 3.63) is 66.7 Å². The maximum absolute atomic E-state index is 12.5. The van der Waals surface area contributed by atoms with Crippen LogP contribution in [0.3, 0.4) is 0 Å². The smallest absolute Gasteiger partial charge is 0.464 e. The number of benzene rings is 1. The highest BCUT2D eigenvalue weighted by Gasteiger charge is 2.33. The molecule has 2 aromatic heterocycles. The fourth-order valence-electron chi connectivity index (χ4n) is 2.30. The van der Waals surface area contributed by atoms with Gasteiger partial charge in [0.1, 0.15) is 16.4 Å².